The van der Waals surface area contributed by atoms with E-state index in [-0.39, 0.29) is 17.8 Å². The Balaban J connectivity index is 2.03. The van der Waals surface area contributed by atoms with E-state index in [1.807, 2.05) is 19.2 Å². The number of nitrogens with two attached hydrogens (primary N) is 1. The van der Waals surface area contributed by atoms with Crippen LogP contribution >= 0.6 is 0 Å². The van der Waals surface area contributed by atoms with Crippen molar-refractivity contribution in [3.05, 3.63) is 64.5 Å². The number of amides is 1. The summed E-state index contributed by atoms with van der Waals surface area (Å²) in [4.78, 5) is 12.4. The van der Waals surface area contributed by atoms with E-state index in [0.29, 0.717) is 12.5 Å². The third kappa shape index (κ3) is 5.13. The zero-order valence-electron chi connectivity index (χ0n) is 15.7. The molecule has 2 aromatic carbocycles. The van der Waals surface area contributed by atoms with Gasteiger partial charge in [-0.2, -0.15) is 0 Å². The third-order valence-electron chi connectivity index (χ3n) is 4.47. The van der Waals surface area contributed by atoms with Crippen LogP contribution in [0.25, 0.3) is 0 Å². The number of hydrogen-bond donors (Lipinski definition) is 2. The van der Waals surface area contributed by atoms with Crippen LogP contribution in [0.3, 0.4) is 0 Å². The maximum atomic E-state index is 13.1. The predicted octanol–water partition coefficient (Wildman–Crippen LogP) is 3.65. The highest BCUT2D eigenvalue weighted by Crippen LogP contribution is 2.22. The highest BCUT2D eigenvalue weighted by Gasteiger charge is 2.21. The van der Waals surface area contributed by atoms with Gasteiger partial charge >= 0.3 is 0 Å². The molecule has 2 aromatic rings. The molecule has 0 aliphatic carbocycles. The topological polar surface area (TPSA) is 45.7 Å². The number of hydrogen-bond acceptors (Lipinski definition) is 1. The number of carbonyl (C=O) groups excluding carboxylic acids is 1. The highest BCUT2D eigenvalue weighted by atomic mass is 19.1. The Labute approximate surface area is 149 Å². The Bertz CT molecular complexity index is 715. The summed E-state index contributed by atoms with van der Waals surface area (Å²) >= 11 is 0. The summed E-state index contributed by atoms with van der Waals surface area (Å²) in [6.45, 7) is 10.6. The number of rotatable bonds is 6. The molecule has 0 saturated heterocycles. The minimum absolute atomic E-state index is 0.0252. The molecule has 2 rings (SSSR count). The van der Waals surface area contributed by atoms with Crippen LogP contribution in [0, 0.1) is 32.5 Å². The number of quaternary nitrogens is 1. The summed E-state index contributed by atoms with van der Waals surface area (Å²) in [6.07, 6.45) is 0. The summed E-state index contributed by atoms with van der Waals surface area (Å²) in [7, 11) is 0. The van der Waals surface area contributed by atoms with Gasteiger partial charge in [-0.1, -0.05) is 43.7 Å². The van der Waals surface area contributed by atoms with Crippen molar-refractivity contribution in [1.29, 1.82) is 0 Å². The minimum atomic E-state index is -0.241. The second kappa shape index (κ2) is 8.26. The van der Waals surface area contributed by atoms with Gasteiger partial charge in [-0.15, -0.1) is 0 Å². The van der Waals surface area contributed by atoms with E-state index in [0.717, 1.165) is 22.4 Å². The molecule has 4 heteroatoms. The summed E-state index contributed by atoms with van der Waals surface area (Å²) in [5.41, 5.74) is 5.27. The van der Waals surface area contributed by atoms with E-state index in [9.17, 15) is 9.18 Å². The fraction of sp³-hybridized carbons (Fsp3) is 0.381. The zero-order valence-corrected chi connectivity index (χ0v) is 15.7. The summed E-state index contributed by atoms with van der Waals surface area (Å²) < 4.78 is 13.1. The molecule has 1 amide bonds. The lowest BCUT2D eigenvalue weighted by Gasteiger charge is -2.20. The maximum Gasteiger partial charge on any atom is 0.279 e. The van der Waals surface area contributed by atoms with Gasteiger partial charge in [-0.25, -0.2) is 4.39 Å². The number of anilines is 1. The van der Waals surface area contributed by atoms with E-state index in [4.69, 9.17) is 0 Å². The average Bonchev–Trinajstić information content (AvgIpc) is 2.52. The van der Waals surface area contributed by atoms with Gasteiger partial charge in [-0.3, -0.25) is 4.79 Å². The molecule has 0 saturated carbocycles. The molecule has 0 unspecified atom stereocenters. The largest absolute Gasteiger partial charge is 0.332 e. The standard InChI is InChI=1S/C21H27FN2O/c1-13(2)20(17-6-8-18(22)9-7-17)23-12-19(25)24-21-15(4)10-14(3)11-16(21)5/h6-11,13,20,23H,12H2,1-5H3,(H,24,25)/p+1/t20-/m1/s1. The van der Waals surface area contributed by atoms with Crippen molar-refractivity contribution in [2.75, 3.05) is 11.9 Å². The molecule has 25 heavy (non-hydrogen) atoms. The van der Waals surface area contributed by atoms with Crippen LogP contribution in [-0.4, -0.2) is 12.5 Å². The molecular weight excluding hydrogens is 315 g/mol. The van der Waals surface area contributed by atoms with Crippen molar-refractivity contribution in [3.63, 3.8) is 0 Å². The first-order valence-corrected chi connectivity index (χ1v) is 8.74. The van der Waals surface area contributed by atoms with Crippen LogP contribution in [-0.2, 0) is 4.79 Å². The molecule has 0 heterocycles. The molecule has 0 aliphatic heterocycles. The van der Waals surface area contributed by atoms with Crippen LogP contribution in [0.15, 0.2) is 36.4 Å². The zero-order chi connectivity index (χ0) is 18.6. The molecule has 3 nitrogen and oxygen atoms in total. The SMILES string of the molecule is Cc1cc(C)c(NC(=O)C[NH2+][C@@H](c2ccc(F)cc2)C(C)C)c(C)c1. The van der Waals surface area contributed by atoms with Crippen molar-refractivity contribution in [1.82, 2.24) is 0 Å². The van der Waals surface area contributed by atoms with Crippen LogP contribution < -0.4 is 10.6 Å². The van der Waals surface area contributed by atoms with Crippen LogP contribution in [0.2, 0.25) is 0 Å². The van der Waals surface area contributed by atoms with E-state index in [1.165, 1.54) is 17.7 Å². The van der Waals surface area contributed by atoms with Crippen molar-refractivity contribution >= 4 is 11.6 Å². The molecule has 0 fully saturated rings. The fourth-order valence-electron chi connectivity index (χ4n) is 3.28. The van der Waals surface area contributed by atoms with Gasteiger partial charge in [0.05, 0.1) is 0 Å². The lowest BCUT2D eigenvalue weighted by Crippen LogP contribution is -2.88. The minimum Gasteiger partial charge on any atom is -0.332 e. The molecule has 0 radical (unpaired) electrons. The van der Waals surface area contributed by atoms with Gasteiger partial charge in [0.25, 0.3) is 5.91 Å². The van der Waals surface area contributed by atoms with Gasteiger partial charge in [0, 0.05) is 17.2 Å². The first kappa shape index (κ1) is 19.1. The second-order valence-corrected chi connectivity index (χ2v) is 7.08. The van der Waals surface area contributed by atoms with Crippen LogP contribution in [0.1, 0.15) is 42.1 Å². The molecule has 0 bridgehead atoms. The van der Waals surface area contributed by atoms with Gasteiger partial charge in [0.2, 0.25) is 0 Å². The lowest BCUT2D eigenvalue weighted by atomic mass is 9.96. The molecule has 0 aliphatic rings. The quantitative estimate of drug-likeness (QED) is 0.826. The molecule has 0 aromatic heterocycles. The maximum absolute atomic E-state index is 13.1. The number of aryl methyl sites for hydroxylation is 3. The molecule has 3 N–H and O–H groups in total. The Hall–Kier alpha value is -2.20. The average molecular weight is 343 g/mol. The Morgan fingerprint density at radius 1 is 1.08 bits per heavy atom. The number of nitrogens with one attached hydrogen (secondary N) is 1. The smallest absolute Gasteiger partial charge is 0.279 e. The number of benzene rings is 2. The number of halogens is 1. The molecule has 0 spiro atoms. The summed E-state index contributed by atoms with van der Waals surface area (Å²) in [5, 5.41) is 5.05. The Morgan fingerprint density at radius 3 is 2.16 bits per heavy atom. The lowest BCUT2D eigenvalue weighted by molar-refractivity contribution is -0.692. The van der Waals surface area contributed by atoms with Gasteiger partial charge < -0.3 is 10.6 Å². The van der Waals surface area contributed by atoms with E-state index in [2.05, 4.69) is 38.2 Å². The van der Waals surface area contributed by atoms with Crippen molar-refractivity contribution < 1.29 is 14.5 Å². The molecular formula is C21H28FN2O+. The normalized spacial score (nSPS) is 12.3. The second-order valence-electron chi connectivity index (χ2n) is 7.08. The predicted molar refractivity (Wildman–Crippen MR) is 100 cm³/mol. The van der Waals surface area contributed by atoms with E-state index in [1.54, 1.807) is 12.1 Å². The van der Waals surface area contributed by atoms with Crippen LogP contribution in [0.5, 0.6) is 0 Å². The number of carbonyl (C=O) groups is 1. The Morgan fingerprint density at radius 2 is 1.64 bits per heavy atom. The summed E-state index contributed by atoms with van der Waals surface area (Å²) in [5.74, 6) is 0.0678. The van der Waals surface area contributed by atoms with Gasteiger partial charge in [-0.05, 0) is 44.0 Å². The fourth-order valence-corrected chi connectivity index (χ4v) is 3.28. The van der Waals surface area contributed by atoms with Crippen molar-refractivity contribution in [2.24, 2.45) is 5.92 Å². The summed E-state index contributed by atoms with van der Waals surface area (Å²) in [6, 6.07) is 10.8. The van der Waals surface area contributed by atoms with Crippen LogP contribution in [0.4, 0.5) is 10.1 Å². The first-order valence-electron chi connectivity index (χ1n) is 8.74. The van der Waals surface area contributed by atoms with Crippen molar-refractivity contribution in [2.45, 2.75) is 40.7 Å². The first-order chi connectivity index (χ1) is 11.8. The molecule has 134 valence electrons. The van der Waals surface area contributed by atoms with E-state index < -0.39 is 0 Å². The third-order valence-corrected chi connectivity index (χ3v) is 4.47. The monoisotopic (exact) mass is 343 g/mol. The van der Waals surface area contributed by atoms with Crippen molar-refractivity contribution in [3.8, 4) is 0 Å². The van der Waals surface area contributed by atoms with E-state index >= 15 is 0 Å². The highest BCUT2D eigenvalue weighted by molar-refractivity contribution is 5.93. The Kier molecular flexibility index (Phi) is 6.32. The van der Waals surface area contributed by atoms with Gasteiger partial charge in [0.1, 0.15) is 11.9 Å². The van der Waals surface area contributed by atoms with Gasteiger partial charge in [0.15, 0.2) is 6.54 Å². The molecule has 1 atom stereocenters.